The van der Waals surface area contributed by atoms with Crippen molar-refractivity contribution in [2.75, 3.05) is 19.8 Å². The second kappa shape index (κ2) is 76.6. The molecule has 24 heteroatoms. The average Bonchev–Trinajstić information content (AvgIpc) is 0.776. The number of allylic oxidation sites excluding steroid dienone is 2. The molecule has 0 aromatic carbocycles. The normalized spacial score (nSPS) is 19.9. The van der Waals surface area contributed by atoms with Gasteiger partial charge in [-0.25, -0.2) is 4.57 Å². The number of hydrogen-bond acceptors (Lipinski definition) is 19. The zero-order valence-corrected chi connectivity index (χ0v) is 77.6. The van der Waals surface area contributed by atoms with Gasteiger partial charge >= 0.3 is 31.7 Å². The van der Waals surface area contributed by atoms with E-state index >= 15 is 4.79 Å². The van der Waals surface area contributed by atoms with Gasteiger partial charge in [0.15, 0.2) is 18.5 Å². The van der Waals surface area contributed by atoms with Crippen molar-refractivity contribution in [3.8, 4) is 0 Å². The van der Waals surface area contributed by atoms with E-state index in [1.54, 1.807) is 0 Å². The third-order valence-corrected chi connectivity index (χ3v) is 24.2. The van der Waals surface area contributed by atoms with Crippen LogP contribution in [0, 0.1) is 0 Å². The molecule has 0 spiro atoms. The largest absolute Gasteiger partial charge is 0.470 e. The summed E-state index contributed by atoms with van der Waals surface area (Å²) < 4.78 is 62.3. The number of unbranched alkanes of at least 4 members (excludes halogenated alkanes) is 49. The molecular formula is C96H179N2O21P. The van der Waals surface area contributed by atoms with Crippen molar-refractivity contribution in [1.29, 1.82) is 0 Å². The van der Waals surface area contributed by atoms with Crippen LogP contribution in [0.15, 0.2) is 12.2 Å². The molecule has 2 fully saturated rings. The van der Waals surface area contributed by atoms with Crippen molar-refractivity contribution in [2.24, 2.45) is 0 Å². The molecule has 0 aliphatic carbocycles. The standard InChI is InChI=1S/C96H179N2O21P/c1-7-13-19-25-31-37-38-39-40-46-52-58-63-69-87(104)114-80(67-61-55-49-43-34-28-22-16-10-4)73-86(103)98-91-95(118-90(107)74-81(68-62-56-50-44-35-29-23-17-11-5)115-88(105)70-64-57-51-45-36-30-24-18-12-6)94(119-120(109,110)111)83(75-99)116-96(91)113-77-84-92(108)93(117-89(106)72-79(101)66-60-54-48-42-33-27-21-15-9-3)82(76-112-84)97-85(102)71-78(100)65-59-53-47-41-32-26-20-14-8-2/h37-38,78-84,91-96,99-101,108H,7-36,39-77H2,1-6H3,(H,97,102)(H,98,103)(H2,109,110,111)/b38-37-/t78-,79-,80-,81-,82+,83-,84-,91-,92-,93-,94-,95-,96-/m1/s1. The van der Waals surface area contributed by atoms with Crippen LogP contribution in [-0.2, 0) is 71.0 Å². The van der Waals surface area contributed by atoms with E-state index in [0.29, 0.717) is 51.4 Å². The molecule has 2 heterocycles. The van der Waals surface area contributed by atoms with Gasteiger partial charge in [0.1, 0.15) is 42.7 Å². The quantitative estimate of drug-likeness (QED) is 0.00922. The maximum Gasteiger partial charge on any atom is 0.470 e. The number of hydrogen-bond donors (Lipinski definition) is 8. The Hall–Kier alpha value is -3.61. The number of carbonyl (C=O) groups excluding carboxylic acids is 6. The molecule has 2 aliphatic heterocycles. The van der Waals surface area contributed by atoms with Crippen LogP contribution in [0.2, 0.25) is 0 Å². The van der Waals surface area contributed by atoms with Gasteiger partial charge in [0.05, 0.1) is 63.8 Å². The fraction of sp³-hybridized carbons (Fsp3) is 0.917. The number of rotatable bonds is 83. The van der Waals surface area contributed by atoms with E-state index in [1.165, 1.54) is 128 Å². The Labute approximate surface area is 728 Å². The molecule has 2 amide bonds. The van der Waals surface area contributed by atoms with Gasteiger partial charge in [-0.15, -0.1) is 0 Å². The lowest BCUT2D eigenvalue weighted by atomic mass is 9.95. The van der Waals surface area contributed by atoms with Gasteiger partial charge in [-0.3, -0.25) is 33.3 Å². The highest BCUT2D eigenvalue weighted by atomic mass is 31.2. The van der Waals surface area contributed by atoms with E-state index in [4.69, 9.17) is 37.7 Å². The number of aliphatic hydroxyl groups excluding tert-OH is 4. The Morgan fingerprint density at radius 3 is 1.15 bits per heavy atom. The minimum atomic E-state index is -5.59. The zero-order valence-electron chi connectivity index (χ0n) is 76.7. The summed E-state index contributed by atoms with van der Waals surface area (Å²) in [5.74, 6) is -4.18. The summed E-state index contributed by atoms with van der Waals surface area (Å²) >= 11 is 0. The van der Waals surface area contributed by atoms with Crippen LogP contribution >= 0.6 is 7.82 Å². The molecule has 0 saturated carbocycles. The van der Waals surface area contributed by atoms with Crippen LogP contribution in [0.5, 0.6) is 0 Å². The number of aliphatic hydroxyl groups is 4. The molecular weight excluding hydrogens is 1550 g/mol. The highest BCUT2D eigenvalue weighted by Gasteiger charge is 2.53. The Morgan fingerprint density at radius 2 is 0.742 bits per heavy atom. The lowest BCUT2D eigenvalue weighted by Gasteiger charge is -2.46. The first-order chi connectivity index (χ1) is 58.2. The maximum atomic E-state index is 15.1. The monoisotopic (exact) mass is 1730 g/mol. The van der Waals surface area contributed by atoms with Crippen LogP contribution < -0.4 is 10.6 Å². The number of ether oxygens (including phenoxy) is 7. The first kappa shape index (κ1) is 112. The molecule has 0 bridgehead atoms. The Balaban J connectivity index is 2.70. The van der Waals surface area contributed by atoms with Crippen molar-refractivity contribution < 1.29 is 101 Å². The first-order valence-electron chi connectivity index (χ1n) is 49.5. The number of phosphoric acid groups is 1. The molecule has 704 valence electrons. The van der Waals surface area contributed by atoms with Crippen molar-refractivity contribution in [2.45, 2.75) is 545 Å². The van der Waals surface area contributed by atoms with Crippen molar-refractivity contribution in [3.63, 3.8) is 0 Å². The third-order valence-electron chi connectivity index (χ3n) is 23.7. The third kappa shape index (κ3) is 60.9. The molecule has 0 aromatic rings. The maximum absolute atomic E-state index is 15.1. The second-order valence-corrected chi connectivity index (χ2v) is 36.4. The molecule has 0 radical (unpaired) electrons. The van der Waals surface area contributed by atoms with Crippen molar-refractivity contribution in [1.82, 2.24) is 10.6 Å². The number of nitrogens with one attached hydrogen (secondary N) is 2. The Morgan fingerprint density at radius 1 is 0.400 bits per heavy atom. The Bertz CT molecular complexity index is 2560. The lowest BCUT2D eigenvalue weighted by molar-refractivity contribution is -0.282. The molecule has 0 unspecified atom stereocenters. The van der Waals surface area contributed by atoms with Gasteiger partial charge in [-0.1, -0.05) is 362 Å². The molecule has 2 aliphatic rings. The molecule has 13 atom stereocenters. The Kier molecular flexibility index (Phi) is 71.8. The summed E-state index contributed by atoms with van der Waals surface area (Å²) in [5, 5.41) is 51.5. The summed E-state index contributed by atoms with van der Waals surface area (Å²) in [6, 6.07) is -2.93. The predicted octanol–water partition coefficient (Wildman–Crippen LogP) is 21.7. The number of phosphoric ester groups is 1. The minimum Gasteiger partial charge on any atom is -0.462 e. The van der Waals surface area contributed by atoms with Crippen LogP contribution in [0.25, 0.3) is 0 Å². The van der Waals surface area contributed by atoms with E-state index in [0.717, 1.165) is 199 Å². The van der Waals surface area contributed by atoms with E-state index in [1.807, 2.05) is 0 Å². The molecule has 2 saturated heterocycles. The van der Waals surface area contributed by atoms with Gasteiger partial charge < -0.3 is 74.0 Å². The van der Waals surface area contributed by atoms with Gasteiger partial charge in [0, 0.05) is 12.8 Å². The number of carbonyl (C=O) groups is 6. The summed E-state index contributed by atoms with van der Waals surface area (Å²) in [6.45, 7) is 11.1. The highest BCUT2D eigenvalue weighted by molar-refractivity contribution is 7.46. The smallest absolute Gasteiger partial charge is 0.462 e. The van der Waals surface area contributed by atoms with Crippen LogP contribution in [0.4, 0.5) is 0 Å². The molecule has 8 N–H and O–H groups in total. The van der Waals surface area contributed by atoms with E-state index in [9.17, 15) is 58.8 Å². The summed E-state index contributed by atoms with van der Waals surface area (Å²) in [7, 11) is -5.59. The highest BCUT2D eigenvalue weighted by Crippen LogP contribution is 2.43. The fourth-order valence-electron chi connectivity index (χ4n) is 16.4. The average molecular weight is 1730 g/mol. The van der Waals surface area contributed by atoms with Gasteiger partial charge in [-0.2, -0.15) is 0 Å². The molecule has 120 heavy (non-hydrogen) atoms. The summed E-state index contributed by atoms with van der Waals surface area (Å²) in [4.78, 5) is 107. The van der Waals surface area contributed by atoms with E-state index in [2.05, 4.69) is 64.3 Å². The van der Waals surface area contributed by atoms with Gasteiger partial charge in [0.2, 0.25) is 11.8 Å². The second-order valence-electron chi connectivity index (χ2n) is 35.2. The zero-order chi connectivity index (χ0) is 87.7. The SMILES string of the molecule is CCCCCC/C=C\CCCCCCCC(=O)O[C@H](CCCCCCCCCCC)CC(=O)N[C@H]1[C@H](OC[C@H]2OC[C@H](NC(=O)C[C@H](O)CCCCCCCCCCC)[C@@H](OC(=O)C[C@H](O)CCCCCCCCCCC)[C@@H]2O)O[C@H](CO)[C@@H](OP(=O)(O)O)[C@@H]1OC(=O)C[C@@H](CCCCCCCCCCC)OC(=O)CCCCCCCCCCC. The van der Waals surface area contributed by atoms with Crippen LogP contribution in [0.1, 0.15) is 465 Å². The molecule has 0 aromatic heterocycles. The van der Waals surface area contributed by atoms with Crippen LogP contribution in [0.3, 0.4) is 0 Å². The van der Waals surface area contributed by atoms with Crippen molar-refractivity contribution in [3.05, 3.63) is 12.2 Å². The minimum absolute atomic E-state index is 0.125. The summed E-state index contributed by atoms with van der Waals surface area (Å²) in [5.41, 5.74) is 0. The summed E-state index contributed by atoms with van der Waals surface area (Å²) in [6.07, 6.45) is 46.6. The van der Waals surface area contributed by atoms with Gasteiger partial charge in [-0.05, 0) is 77.0 Å². The molecule has 2 rings (SSSR count). The van der Waals surface area contributed by atoms with Gasteiger partial charge in [0.25, 0.3) is 0 Å². The fourth-order valence-corrected chi connectivity index (χ4v) is 16.9. The van der Waals surface area contributed by atoms with E-state index < -0.39 is 155 Å². The lowest BCUT2D eigenvalue weighted by Crippen LogP contribution is -2.67. The van der Waals surface area contributed by atoms with Crippen molar-refractivity contribution >= 4 is 43.5 Å². The number of esters is 4. The van der Waals surface area contributed by atoms with E-state index in [-0.39, 0.29) is 32.3 Å². The first-order valence-corrected chi connectivity index (χ1v) is 51.0. The topological polar surface area (TPSA) is 339 Å². The predicted molar refractivity (Wildman–Crippen MR) is 478 cm³/mol. The van der Waals surface area contributed by atoms with Crippen LogP contribution in [-0.4, -0.2) is 165 Å². The number of amides is 2. The molecule has 23 nitrogen and oxygen atoms in total.